The van der Waals surface area contributed by atoms with E-state index >= 15 is 0 Å². The molecule has 0 amide bonds. The topological polar surface area (TPSA) is 128 Å². The van der Waals surface area contributed by atoms with E-state index in [-0.39, 0.29) is 31.0 Å². The standard InChI is InChI=1S/C26H33F2N7O4/c1-5-7-17-13-33(3)25(38)24(29-17)39-14-21-23(31-32-34(21)4)19-8-9-20(18(6-2)30-19)35-12-16(10-22(36)37)11-26(27,28)15-35/h8-9,13,16H,5-7,10-12,14-15H2,1-4H3,(H,36,37). The molecule has 1 aliphatic heterocycles. The molecule has 1 fully saturated rings. The van der Waals surface area contributed by atoms with Crippen LogP contribution in [0.5, 0.6) is 5.88 Å². The number of nitrogens with zero attached hydrogens (tertiary/aromatic N) is 7. The summed E-state index contributed by atoms with van der Waals surface area (Å²) in [5.74, 6) is -4.78. The molecular weight excluding hydrogens is 512 g/mol. The Morgan fingerprint density at radius 3 is 2.69 bits per heavy atom. The van der Waals surface area contributed by atoms with Crippen LogP contribution in [0.25, 0.3) is 11.4 Å². The molecule has 1 N–H and O–H groups in total. The number of carbonyl (C=O) groups is 1. The van der Waals surface area contributed by atoms with Crippen molar-refractivity contribution in [2.45, 2.75) is 58.5 Å². The van der Waals surface area contributed by atoms with Crippen molar-refractivity contribution in [1.29, 1.82) is 0 Å². The first kappa shape index (κ1) is 28.1. The number of ether oxygens (including phenoxy) is 1. The van der Waals surface area contributed by atoms with Crippen molar-refractivity contribution in [1.82, 2.24) is 29.5 Å². The van der Waals surface area contributed by atoms with Gasteiger partial charge < -0.3 is 19.3 Å². The summed E-state index contributed by atoms with van der Waals surface area (Å²) >= 11 is 0. The number of aromatic nitrogens is 6. The third-order valence-electron chi connectivity index (χ3n) is 6.71. The zero-order valence-electron chi connectivity index (χ0n) is 22.5. The van der Waals surface area contributed by atoms with Gasteiger partial charge in [0.25, 0.3) is 11.8 Å². The van der Waals surface area contributed by atoms with Gasteiger partial charge in [-0.15, -0.1) is 5.10 Å². The number of hydrogen-bond donors (Lipinski definition) is 1. The molecule has 3 aromatic rings. The highest BCUT2D eigenvalue weighted by atomic mass is 19.3. The number of pyridine rings is 1. The molecule has 0 aromatic carbocycles. The highest BCUT2D eigenvalue weighted by Crippen LogP contribution is 2.36. The lowest BCUT2D eigenvalue weighted by molar-refractivity contribution is -0.139. The molecule has 13 heteroatoms. The number of aryl methyl sites for hydroxylation is 4. The minimum atomic E-state index is -3.00. The number of halogens is 2. The maximum atomic E-state index is 14.5. The Kier molecular flexibility index (Phi) is 8.26. The quantitative estimate of drug-likeness (QED) is 0.409. The molecule has 4 heterocycles. The van der Waals surface area contributed by atoms with Gasteiger partial charge in [-0.25, -0.2) is 23.4 Å². The Labute approximate surface area is 224 Å². The Morgan fingerprint density at radius 2 is 2.00 bits per heavy atom. The second-order valence-electron chi connectivity index (χ2n) is 9.92. The van der Waals surface area contributed by atoms with Crippen LogP contribution in [0, 0.1) is 5.92 Å². The molecular formula is C26H33F2N7O4. The summed E-state index contributed by atoms with van der Waals surface area (Å²) in [5.41, 5.74) is 2.99. The van der Waals surface area contributed by atoms with Crippen molar-refractivity contribution in [3.05, 3.63) is 45.8 Å². The molecule has 0 spiro atoms. The van der Waals surface area contributed by atoms with Crippen molar-refractivity contribution in [3.8, 4) is 17.3 Å². The summed E-state index contributed by atoms with van der Waals surface area (Å²) in [5, 5.41) is 17.5. The Hall–Kier alpha value is -3.90. The number of piperidine rings is 1. The van der Waals surface area contributed by atoms with Crippen molar-refractivity contribution in [2.24, 2.45) is 20.0 Å². The van der Waals surface area contributed by atoms with E-state index in [2.05, 4.69) is 15.3 Å². The van der Waals surface area contributed by atoms with Crippen molar-refractivity contribution in [3.63, 3.8) is 0 Å². The van der Waals surface area contributed by atoms with Crippen molar-refractivity contribution in [2.75, 3.05) is 18.0 Å². The fourth-order valence-electron chi connectivity index (χ4n) is 4.93. The molecule has 1 saturated heterocycles. The van der Waals surface area contributed by atoms with Gasteiger partial charge in [-0.2, -0.15) is 0 Å². The average molecular weight is 546 g/mol. The van der Waals surface area contributed by atoms with Gasteiger partial charge in [-0.1, -0.05) is 25.5 Å². The van der Waals surface area contributed by atoms with E-state index in [1.54, 1.807) is 32.4 Å². The summed E-state index contributed by atoms with van der Waals surface area (Å²) in [6.45, 7) is 3.57. The fourth-order valence-corrected chi connectivity index (χ4v) is 4.93. The minimum Gasteiger partial charge on any atom is -0.481 e. The number of hydrogen-bond acceptors (Lipinski definition) is 8. The van der Waals surface area contributed by atoms with Gasteiger partial charge in [0.15, 0.2) is 0 Å². The molecule has 39 heavy (non-hydrogen) atoms. The van der Waals surface area contributed by atoms with Gasteiger partial charge in [0, 0.05) is 33.3 Å². The van der Waals surface area contributed by atoms with Crippen LogP contribution in [0.3, 0.4) is 0 Å². The van der Waals surface area contributed by atoms with Gasteiger partial charge in [-0.05, 0) is 30.9 Å². The van der Waals surface area contributed by atoms with Gasteiger partial charge in [-0.3, -0.25) is 9.59 Å². The van der Waals surface area contributed by atoms with Crippen LogP contribution in [0.1, 0.15) is 50.2 Å². The fraction of sp³-hybridized carbons (Fsp3) is 0.538. The van der Waals surface area contributed by atoms with Crippen LogP contribution in [0.4, 0.5) is 14.5 Å². The Morgan fingerprint density at radius 1 is 1.23 bits per heavy atom. The van der Waals surface area contributed by atoms with Crippen LogP contribution >= 0.6 is 0 Å². The highest BCUT2D eigenvalue weighted by molar-refractivity contribution is 5.67. The summed E-state index contributed by atoms with van der Waals surface area (Å²) in [6, 6.07) is 3.39. The van der Waals surface area contributed by atoms with Gasteiger partial charge >= 0.3 is 11.5 Å². The SMILES string of the molecule is CCCc1cn(C)c(=O)c(OCc2c(-c3ccc(N4CC(CC(=O)O)CC(F)(F)C4)c(CC)n3)nnn2C)n1. The van der Waals surface area contributed by atoms with Gasteiger partial charge in [0.1, 0.15) is 18.0 Å². The van der Waals surface area contributed by atoms with E-state index in [0.717, 1.165) is 12.1 Å². The lowest BCUT2D eigenvalue weighted by Gasteiger charge is -2.39. The largest absolute Gasteiger partial charge is 0.481 e. The maximum Gasteiger partial charge on any atom is 0.313 e. The Balaban J connectivity index is 1.61. The lowest BCUT2D eigenvalue weighted by atomic mass is 9.91. The predicted molar refractivity (Wildman–Crippen MR) is 139 cm³/mol. The number of rotatable bonds is 10. The zero-order chi connectivity index (χ0) is 28.3. The molecule has 0 aliphatic carbocycles. The van der Waals surface area contributed by atoms with E-state index in [0.29, 0.717) is 41.3 Å². The number of anilines is 1. The molecule has 1 unspecified atom stereocenters. The molecule has 1 atom stereocenters. The van der Waals surface area contributed by atoms with Crippen LogP contribution in [-0.2, 0) is 38.3 Å². The number of aliphatic carboxylic acids is 1. The maximum absolute atomic E-state index is 14.5. The van der Waals surface area contributed by atoms with Crippen LogP contribution < -0.4 is 15.2 Å². The summed E-state index contributed by atoms with van der Waals surface area (Å²) in [6.07, 6.45) is 2.96. The Bertz CT molecular complexity index is 1410. The lowest BCUT2D eigenvalue weighted by Crippen LogP contribution is -2.48. The molecule has 0 saturated carbocycles. The van der Waals surface area contributed by atoms with E-state index in [1.807, 2.05) is 13.8 Å². The summed E-state index contributed by atoms with van der Waals surface area (Å²) in [4.78, 5) is 34.3. The molecule has 0 bridgehead atoms. The molecule has 1 aliphatic rings. The monoisotopic (exact) mass is 545 g/mol. The molecule has 4 rings (SSSR count). The molecule has 3 aromatic heterocycles. The van der Waals surface area contributed by atoms with Gasteiger partial charge in [0.2, 0.25) is 0 Å². The predicted octanol–water partition coefficient (Wildman–Crippen LogP) is 3.00. The smallest absolute Gasteiger partial charge is 0.313 e. The van der Waals surface area contributed by atoms with Crippen molar-refractivity contribution >= 4 is 11.7 Å². The average Bonchev–Trinajstić information content (AvgIpc) is 3.23. The van der Waals surface area contributed by atoms with Crippen LogP contribution in [0.2, 0.25) is 0 Å². The van der Waals surface area contributed by atoms with Gasteiger partial charge in [0.05, 0.1) is 35.7 Å². The minimum absolute atomic E-state index is 0.0184. The van der Waals surface area contributed by atoms with E-state index in [1.165, 1.54) is 14.1 Å². The zero-order valence-corrected chi connectivity index (χ0v) is 22.5. The van der Waals surface area contributed by atoms with E-state index < -0.39 is 30.8 Å². The number of carboxylic acids is 1. The third-order valence-corrected chi connectivity index (χ3v) is 6.71. The molecule has 11 nitrogen and oxygen atoms in total. The van der Waals surface area contributed by atoms with Crippen molar-refractivity contribution < 1.29 is 23.4 Å². The normalized spacial score (nSPS) is 16.9. The van der Waals surface area contributed by atoms with E-state index in [9.17, 15) is 18.4 Å². The first-order chi connectivity index (χ1) is 18.5. The van der Waals surface area contributed by atoms with Crippen LogP contribution in [-0.4, -0.2) is 59.6 Å². The molecule has 0 radical (unpaired) electrons. The second-order valence-corrected chi connectivity index (χ2v) is 9.92. The number of alkyl halides is 2. The number of carboxylic acid groups (broad SMARTS) is 1. The first-order valence-electron chi connectivity index (χ1n) is 12.9. The second kappa shape index (κ2) is 11.5. The summed E-state index contributed by atoms with van der Waals surface area (Å²) < 4.78 is 37.8. The van der Waals surface area contributed by atoms with E-state index in [4.69, 9.17) is 14.8 Å². The third kappa shape index (κ3) is 6.40. The first-order valence-corrected chi connectivity index (χ1v) is 12.9. The van der Waals surface area contributed by atoms with Crippen LogP contribution in [0.15, 0.2) is 23.1 Å². The summed E-state index contributed by atoms with van der Waals surface area (Å²) in [7, 11) is 3.34. The molecule has 210 valence electrons. The highest BCUT2D eigenvalue weighted by Gasteiger charge is 2.41.